The van der Waals surface area contributed by atoms with Crippen molar-refractivity contribution in [2.75, 3.05) is 6.54 Å². The lowest BCUT2D eigenvalue weighted by Gasteiger charge is -2.10. The third kappa shape index (κ3) is 6.48. The zero-order chi connectivity index (χ0) is 14.1. The van der Waals surface area contributed by atoms with E-state index in [2.05, 4.69) is 43.2 Å². The van der Waals surface area contributed by atoms with Gasteiger partial charge < -0.3 is 5.32 Å². The molecule has 0 fully saturated rings. The van der Waals surface area contributed by atoms with Crippen LogP contribution in [0.3, 0.4) is 0 Å². The molecule has 0 aliphatic rings. The number of aryl methyl sites for hydroxylation is 1. The van der Waals surface area contributed by atoms with Crippen molar-refractivity contribution < 1.29 is 0 Å². The van der Waals surface area contributed by atoms with Gasteiger partial charge in [0.25, 0.3) is 0 Å². The van der Waals surface area contributed by atoms with Gasteiger partial charge in [0.1, 0.15) is 10.0 Å². The Morgan fingerprint density at radius 2 is 1.79 bits per heavy atom. The molecule has 0 aliphatic carbocycles. The average molecular weight is 283 g/mol. The molecule has 0 amide bonds. The van der Waals surface area contributed by atoms with Crippen LogP contribution in [0.4, 0.5) is 0 Å². The lowest BCUT2D eigenvalue weighted by molar-refractivity contribution is 0.553. The fourth-order valence-electron chi connectivity index (χ4n) is 2.25. The summed E-state index contributed by atoms with van der Waals surface area (Å²) in [6.07, 6.45) is 7.17. The van der Waals surface area contributed by atoms with E-state index in [1.807, 2.05) is 11.3 Å². The minimum atomic E-state index is 0.573. The van der Waals surface area contributed by atoms with Crippen molar-refractivity contribution in [3.63, 3.8) is 0 Å². The van der Waals surface area contributed by atoms with Crippen molar-refractivity contribution in [1.82, 2.24) is 15.5 Å². The number of hydrogen-bond acceptors (Lipinski definition) is 4. The second kappa shape index (κ2) is 9.43. The summed E-state index contributed by atoms with van der Waals surface area (Å²) < 4.78 is 0. The molecule has 110 valence electrons. The van der Waals surface area contributed by atoms with E-state index in [1.165, 1.54) is 35.7 Å². The number of rotatable bonds is 10. The summed E-state index contributed by atoms with van der Waals surface area (Å²) in [5, 5.41) is 14.7. The molecule has 0 radical (unpaired) electrons. The van der Waals surface area contributed by atoms with Gasteiger partial charge in [0.2, 0.25) is 0 Å². The van der Waals surface area contributed by atoms with Crippen LogP contribution < -0.4 is 5.32 Å². The summed E-state index contributed by atoms with van der Waals surface area (Å²) in [7, 11) is 0. The van der Waals surface area contributed by atoms with Crippen LogP contribution in [0.2, 0.25) is 0 Å². The molecule has 1 rings (SSSR count). The minimum Gasteiger partial charge on any atom is -0.315 e. The molecule has 0 spiro atoms. The number of aromatic nitrogens is 2. The Bertz CT molecular complexity index is 330. The number of hydrogen-bond donors (Lipinski definition) is 1. The maximum absolute atomic E-state index is 4.42. The van der Waals surface area contributed by atoms with E-state index in [0.29, 0.717) is 12.0 Å². The van der Waals surface area contributed by atoms with Gasteiger partial charge in [0.15, 0.2) is 0 Å². The predicted molar refractivity (Wildman–Crippen MR) is 83.9 cm³/mol. The quantitative estimate of drug-likeness (QED) is 0.655. The summed E-state index contributed by atoms with van der Waals surface area (Å²) in [5.41, 5.74) is 0. The molecule has 1 aromatic heterocycles. The van der Waals surface area contributed by atoms with Gasteiger partial charge in [-0.05, 0) is 25.8 Å². The average Bonchev–Trinajstić information content (AvgIpc) is 2.83. The Morgan fingerprint density at radius 3 is 2.37 bits per heavy atom. The van der Waals surface area contributed by atoms with Crippen LogP contribution in [0.5, 0.6) is 0 Å². The fourth-order valence-corrected chi connectivity index (χ4v) is 3.30. The lowest BCUT2D eigenvalue weighted by atomic mass is 9.99. The first-order valence-electron chi connectivity index (χ1n) is 7.73. The van der Waals surface area contributed by atoms with Crippen LogP contribution >= 0.6 is 11.3 Å². The highest BCUT2D eigenvalue weighted by Gasteiger charge is 2.15. The maximum Gasteiger partial charge on any atom is 0.120 e. The van der Waals surface area contributed by atoms with Gasteiger partial charge >= 0.3 is 0 Å². The number of nitrogens with one attached hydrogen (secondary N) is 1. The van der Waals surface area contributed by atoms with Crippen LogP contribution in [0.1, 0.15) is 75.7 Å². The molecule has 1 heterocycles. The number of nitrogens with zero attached hydrogens (tertiary/aromatic N) is 2. The van der Waals surface area contributed by atoms with Crippen molar-refractivity contribution in [2.45, 2.75) is 78.2 Å². The standard InChI is InChI=1S/C15H29N3S/c1-5-8-13(9-6-2)15-18-17-14(19-15)10-7-11-16-12(3)4/h12-13,16H,5-11H2,1-4H3. The maximum atomic E-state index is 4.42. The minimum absolute atomic E-state index is 0.573. The van der Waals surface area contributed by atoms with E-state index in [9.17, 15) is 0 Å². The van der Waals surface area contributed by atoms with Crippen LogP contribution in [-0.4, -0.2) is 22.8 Å². The van der Waals surface area contributed by atoms with E-state index >= 15 is 0 Å². The third-order valence-electron chi connectivity index (χ3n) is 3.23. The highest BCUT2D eigenvalue weighted by Crippen LogP contribution is 2.28. The van der Waals surface area contributed by atoms with Gasteiger partial charge in [-0.15, -0.1) is 21.5 Å². The molecule has 0 saturated carbocycles. The van der Waals surface area contributed by atoms with Crippen LogP contribution in [0.25, 0.3) is 0 Å². The van der Waals surface area contributed by atoms with Crippen molar-refractivity contribution in [2.24, 2.45) is 0 Å². The van der Waals surface area contributed by atoms with Crippen molar-refractivity contribution in [3.8, 4) is 0 Å². The van der Waals surface area contributed by atoms with E-state index in [0.717, 1.165) is 19.4 Å². The zero-order valence-electron chi connectivity index (χ0n) is 12.9. The summed E-state index contributed by atoms with van der Waals surface area (Å²) in [4.78, 5) is 0. The van der Waals surface area contributed by atoms with E-state index in [1.54, 1.807) is 0 Å². The predicted octanol–water partition coefficient (Wildman–Crippen LogP) is 4.15. The van der Waals surface area contributed by atoms with Gasteiger partial charge in [-0.2, -0.15) is 0 Å². The molecule has 0 unspecified atom stereocenters. The van der Waals surface area contributed by atoms with Crippen molar-refractivity contribution in [3.05, 3.63) is 10.0 Å². The Labute approximate surface area is 122 Å². The highest BCUT2D eigenvalue weighted by molar-refractivity contribution is 7.11. The van der Waals surface area contributed by atoms with E-state index < -0.39 is 0 Å². The molecule has 0 atom stereocenters. The second-order valence-corrected chi connectivity index (χ2v) is 6.61. The van der Waals surface area contributed by atoms with Crippen molar-refractivity contribution >= 4 is 11.3 Å². The Balaban J connectivity index is 2.41. The first-order valence-corrected chi connectivity index (χ1v) is 8.54. The molecule has 3 nitrogen and oxygen atoms in total. The molecule has 19 heavy (non-hydrogen) atoms. The van der Waals surface area contributed by atoms with Gasteiger partial charge in [0.05, 0.1) is 0 Å². The lowest BCUT2D eigenvalue weighted by Crippen LogP contribution is -2.23. The molecule has 1 N–H and O–H groups in total. The van der Waals surface area contributed by atoms with Gasteiger partial charge in [-0.25, -0.2) is 0 Å². The largest absolute Gasteiger partial charge is 0.315 e. The topological polar surface area (TPSA) is 37.8 Å². The fraction of sp³-hybridized carbons (Fsp3) is 0.867. The molecule has 0 aliphatic heterocycles. The Kier molecular flexibility index (Phi) is 8.22. The molecular formula is C15H29N3S. The van der Waals surface area contributed by atoms with Crippen molar-refractivity contribution in [1.29, 1.82) is 0 Å². The molecule has 1 aromatic rings. The van der Waals surface area contributed by atoms with E-state index in [4.69, 9.17) is 0 Å². The SMILES string of the molecule is CCCC(CCC)c1nnc(CCCNC(C)C)s1. The molecule has 0 saturated heterocycles. The van der Waals surface area contributed by atoms with Gasteiger partial charge in [-0.1, -0.05) is 40.5 Å². The Morgan fingerprint density at radius 1 is 1.11 bits per heavy atom. The van der Waals surface area contributed by atoms with Gasteiger partial charge in [0, 0.05) is 18.4 Å². The monoisotopic (exact) mass is 283 g/mol. The van der Waals surface area contributed by atoms with E-state index in [-0.39, 0.29) is 0 Å². The van der Waals surface area contributed by atoms with Crippen LogP contribution in [-0.2, 0) is 6.42 Å². The third-order valence-corrected chi connectivity index (χ3v) is 4.37. The summed E-state index contributed by atoms with van der Waals surface area (Å²) in [6, 6.07) is 0.573. The second-order valence-electron chi connectivity index (χ2n) is 5.52. The summed E-state index contributed by atoms with van der Waals surface area (Å²) >= 11 is 1.83. The highest BCUT2D eigenvalue weighted by atomic mass is 32.1. The van der Waals surface area contributed by atoms with Gasteiger partial charge in [-0.3, -0.25) is 0 Å². The molecular weight excluding hydrogens is 254 g/mol. The zero-order valence-corrected chi connectivity index (χ0v) is 13.7. The molecule has 4 heteroatoms. The molecule has 0 aromatic carbocycles. The molecule has 0 bridgehead atoms. The smallest absolute Gasteiger partial charge is 0.120 e. The Hall–Kier alpha value is -0.480. The summed E-state index contributed by atoms with van der Waals surface area (Å²) in [6.45, 7) is 9.94. The summed E-state index contributed by atoms with van der Waals surface area (Å²) in [5.74, 6) is 0.634. The first kappa shape index (κ1) is 16.6. The normalized spacial score (nSPS) is 11.7. The van der Waals surface area contributed by atoms with Crippen LogP contribution in [0.15, 0.2) is 0 Å². The van der Waals surface area contributed by atoms with Crippen LogP contribution in [0, 0.1) is 0 Å². The first-order chi connectivity index (χ1) is 9.17.